The standard InChI is InChI=1S/C23H18ClN3O2/c1-15-13-18(7-8-19(15)24)22-21(17-9-11-25-12-10-17)23(29-27-22)26-20(28)14-16-5-3-2-4-6-16/h2-13H,14H2,1H3,(H,26,28). The van der Waals surface area contributed by atoms with Gasteiger partial charge in [0, 0.05) is 23.0 Å². The lowest BCUT2D eigenvalue weighted by molar-refractivity contribution is -0.115. The van der Waals surface area contributed by atoms with Crippen molar-refractivity contribution in [2.75, 3.05) is 5.32 Å². The van der Waals surface area contributed by atoms with Gasteiger partial charge in [-0.2, -0.15) is 0 Å². The molecule has 2 aromatic heterocycles. The molecule has 0 saturated heterocycles. The Kier molecular flexibility index (Phi) is 5.40. The number of hydrogen-bond acceptors (Lipinski definition) is 4. The van der Waals surface area contributed by atoms with Crippen LogP contribution in [0.25, 0.3) is 22.4 Å². The van der Waals surface area contributed by atoms with Crippen LogP contribution in [0.1, 0.15) is 11.1 Å². The van der Waals surface area contributed by atoms with Crippen molar-refractivity contribution < 1.29 is 9.32 Å². The number of nitrogens with one attached hydrogen (secondary N) is 1. The summed E-state index contributed by atoms with van der Waals surface area (Å²) in [5.74, 6) is 0.126. The zero-order valence-corrected chi connectivity index (χ0v) is 16.5. The van der Waals surface area contributed by atoms with Crippen LogP contribution in [0.5, 0.6) is 0 Å². The van der Waals surface area contributed by atoms with Gasteiger partial charge in [-0.25, -0.2) is 0 Å². The molecule has 0 unspecified atom stereocenters. The predicted octanol–water partition coefficient (Wildman–Crippen LogP) is 5.55. The quantitative estimate of drug-likeness (QED) is 0.474. The molecule has 0 aliphatic carbocycles. The summed E-state index contributed by atoms with van der Waals surface area (Å²) in [6.45, 7) is 1.93. The molecule has 0 saturated carbocycles. The number of aromatic nitrogens is 2. The van der Waals surface area contributed by atoms with Gasteiger partial charge in [0.15, 0.2) is 0 Å². The van der Waals surface area contributed by atoms with Crippen molar-refractivity contribution in [1.29, 1.82) is 0 Å². The highest BCUT2D eigenvalue weighted by Crippen LogP contribution is 2.38. The summed E-state index contributed by atoms with van der Waals surface area (Å²) in [7, 11) is 0. The first kappa shape index (κ1) is 18.9. The van der Waals surface area contributed by atoms with Gasteiger partial charge >= 0.3 is 0 Å². The van der Waals surface area contributed by atoms with Crippen LogP contribution in [0.15, 0.2) is 77.6 Å². The van der Waals surface area contributed by atoms with E-state index in [4.69, 9.17) is 16.1 Å². The number of nitrogens with zero attached hydrogens (tertiary/aromatic N) is 2. The minimum Gasteiger partial charge on any atom is -0.337 e. The molecule has 4 rings (SSSR count). The highest BCUT2D eigenvalue weighted by molar-refractivity contribution is 6.31. The van der Waals surface area contributed by atoms with Gasteiger partial charge < -0.3 is 4.52 Å². The molecular weight excluding hydrogens is 386 g/mol. The predicted molar refractivity (Wildman–Crippen MR) is 114 cm³/mol. The number of rotatable bonds is 5. The molecule has 2 aromatic carbocycles. The molecule has 5 nitrogen and oxygen atoms in total. The molecular formula is C23H18ClN3O2. The maximum absolute atomic E-state index is 12.6. The monoisotopic (exact) mass is 403 g/mol. The van der Waals surface area contributed by atoms with E-state index < -0.39 is 0 Å². The van der Waals surface area contributed by atoms with Crippen molar-refractivity contribution >= 4 is 23.4 Å². The Morgan fingerprint density at radius 2 is 1.79 bits per heavy atom. The summed E-state index contributed by atoms with van der Waals surface area (Å²) in [5.41, 5.74) is 4.89. The Balaban J connectivity index is 1.71. The van der Waals surface area contributed by atoms with E-state index in [0.717, 1.165) is 22.3 Å². The van der Waals surface area contributed by atoms with Crippen molar-refractivity contribution in [3.63, 3.8) is 0 Å². The van der Waals surface area contributed by atoms with Crippen LogP contribution in [0.4, 0.5) is 5.88 Å². The minimum atomic E-state index is -0.179. The normalized spacial score (nSPS) is 10.7. The highest BCUT2D eigenvalue weighted by atomic mass is 35.5. The summed E-state index contributed by atoms with van der Waals surface area (Å²) < 4.78 is 5.55. The second kappa shape index (κ2) is 8.29. The second-order valence-electron chi connectivity index (χ2n) is 6.65. The summed E-state index contributed by atoms with van der Waals surface area (Å²) in [6, 6.07) is 18.9. The number of hydrogen-bond donors (Lipinski definition) is 1. The topological polar surface area (TPSA) is 68.0 Å². The zero-order chi connectivity index (χ0) is 20.2. The van der Waals surface area contributed by atoms with Crippen molar-refractivity contribution in [2.45, 2.75) is 13.3 Å². The average Bonchev–Trinajstić information content (AvgIpc) is 3.14. The number of pyridine rings is 1. The van der Waals surface area contributed by atoms with E-state index in [-0.39, 0.29) is 12.3 Å². The molecule has 0 fully saturated rings. The lowest BCUT2D eigenvalue weighted by Crippen LogP contribution is -2.14. The van der Waals surface area contributed by atoms with Gasteiger partial charge in [-0.1, -0.05) is 53.2 Å². The zero-order valence-electron chi connectivity index (χ0n) is 15.7. The molecule has 2 heterocycles. The molecule has 144 valence electrons. The Labute approximate surface area is 173 Å². The third-order valence-electron chi connectivity index (χ3n) is 4.55. The number of anilines is 1. The first-order chi connectivity index (χ1) is 14.1. The van der Waals surface area contributed by atoms with Crippen LogP contribution in [-0.4, -0.2) is 16.0 Å². The number of carbonyl (C=O) groups excluding carboxylic acids is 1. The van der Waals surface area contributed by atoms with Gasteiger partial charge in [0.1, 0.15) is 5.69 Å². The first-order valence-electron chi connectivity index (χ1n) is 9.12. The molecule has 1 N–H and O–H groups in total. The minimum absolute atomic E-state index is 0.179. The number of carbonyl (C=O) groups is 1. The van der Waals surface area contributed by atoms with E-state index in [2.05, 4.69) is 15.5 Å². The summed E-state index contributed by atoms with van der Waals surface area (Å²) in [4.78, 5) is 16.7. The molecule has 6 heteroatoms. The molecule has 1 amide bonds. The molecule has 0 aliphatic rings. The Morgan fingerprint density at radius 3 is 2.52 bits per heavy atom. The maximum atomic E-state index is 12.6. The van der Waals surface area contributed by atoms with Crippen molar-refractivity contribution in [3.8, 4) is 22.4 Å². The van der Waals surface area contributed by atoms with Gasteiger partial charge in [0.25, 0.3) is 0 Å². The second-order valence-corrected chi connectivity index (χ2v) is 7.05. The SMILES string of the molecule is Cc1cc(-c2noc(NC(=O)Cc3ccccc3)c2-c2ccncc2)ccc1Cl. The van der Waals surface area contributed by atoms with E-state index in [1.807, 2.05) is 67.6 Å². The van der Waals surface area contributed by atoms with Crippen LogP contribution >= 0.6 is 11.6 Å². The summed E-state index contributed by atoms with van der Waals surface area (Å²) in [5, 5.41) is 7.78. The fourth-order valence-corrected chi connectivity index (χ4v) is 3.22. The molecule has 0 spiro atoms. The number of halogens is 1. The van der Waals surface area contributed by atoms with Crippen molar-refractivity contribution in [3.05, 3.63) is 89.2 Å². The highest BCUT2D eigenvalue weighted by Gasteiger charge is 2.21. The smallest absolute Gasteiger partial charge is 0.239 e. The van der Waals surface area contributed by atoms with Gasteiger partial charge in [0.05, 0.1) is 12.0 Å². The lowest BCUT2D eigenvalue weighted by Gasteiger charge is -2.07. The molecule has 0 bridgehead atoms. The van der Waals surface area contributed by atoms with E-state index in [0.29, 0.717) is 22.2 Å². The molecule has 29 heavy (non-hydrogen) atoms. The van der Waals surface area contributed by atoms with Crippen molar-refractivity contribution in [2.24, 2.45) is 0 Å². The van der Waals surface area contributed by atoms with Crippen molar-refractivity contribution in [1.82, 2.24) is 10.1 Å². The fourth-order valence-electron chi connectivity index (χ4n) is 3.10. The van der Waals surface area contributed by atoms with Crippen LogP contribution in [-0.2, 0) is 11.2 Å². The van der Waals surface area contributed by atoms with E-state index in [1.54, 1.807) is 12.4 Å². The largest absolute Gasteiger partial charge is 0.337 e. The number of benzene rings is 2. The molecule has 0 aliphatic heterocycles. The molecule has 4 aromatic rings. The van der Waals surface area contributed by atoms with Gasteiger partial charge in [-0.3, -0.25) is 15.1 Å². The molecule has 0 radical (unpaired) electrons. The summed E-state index contributed by atoms with van der Waals surface area (Å²) in [6.07, 6.45) is 3.62. The number of amides is 1. The van der Waals surface area contributed by atoms with Gasteiger partial charge in [0.2, 0.25) is 11.8 Å². The van der Waals surface area contributed by atoms with Gasteiger partial charge in [-0.05, 0) is 47.9 Å². The van der Waals surface area contributed by atoms with Gasteiger partial charge in [-0.15, -0.1) is 0 Å². The lowest BCUT2D eigenvalue weighted by atomic mass is 10.0. The van der Waals surface area contributed by atoms with Crippen LogP contribution in [0.2, 0.25) is 5.02 Å². The Hall–Kier alpha value is -3.44. The fraction of sp³-hybridized carbons (Fsp3) is 0.0870. The first-order valence-corrected chi connectivity index (χ1v) is 9.50. The molecule has 0 atom stereocenters. The van der Waals surface area contributed by atoms with E-state index in [9.17, 15) is 4.79 Å². The van der Waals surface area contributed by atoms with Crippen LogP contribution < -0.4 is 5.32 Å². The van der Waals surface area contributed by atoms with Crippen LogP contribution in [0, 0.1) is 6.92 Å². The average molecular weight is 404 g/mol. The summed E-state index contributed by atoms with van der Waals surface area (Å²) >= 11 is 6.17. The maximum Gasteiger partial charge on any atom is 0.239 e. The third-order valence-corrected chi connectivity index (χ3v) is 4.98. The Bertz CT molecular complexity index is 1140. The number of aryl methyl sites for hydroxylation is 1. The van der Waals surface area contributed by atoms with Crippen LogP contribution in [0.3, 0.4) is 0 Å². The van der Waals surface area contributed by atoms with E-state index in [1.165, 1.54) is 0 Å². The Morgan fingerprint density at radius 1 is 1.03 bits per heavy atom. The van der Waals surface area contributed by atoms with E-state index >= 15 is 0 Å². The third kappa shape index (κ3) is 4.20.